The van der Waals surface area contributed by atoms with Gasteiger partial charge in [-0.05, 0) is 68.3 Å². The molecule has 0 radical (unpaired) electrons. The number of carbonyl (C=O) groups excluding carboxylic acids is 2. The molecule has 1 aliphatic rings. The first kappa shape index (κ1) is 24.2. The second-order valence-electron chi connectivity index (χ2n) is 8.24. The third-order valence-corrected chi connectivity index (χ3v) is 6.44. The van der Waals surface area contributed by atoms with Crippen LogP contribution in [0.15, 0.2) is 18.2 Å². The zero-order chi connectivity index (χ0) is 22.1. The Bertz CT molecular complexity index is 721. The smallest absolute Gasteiger partial charge is 0.306 e. The number of rotatable bonds is 13. The van der Waals surface area contributed by atoms with Crippen LogP contribution in [0.3, 0.4) is 0 Å². The van der Waals surface area contributed by atoms with Crippen molar-refractivity contribution in [2.45, 2.75) is 64.9 Å². The molecule has 2 unspecified atom stereocenters. The first-order valence-corrected chi connectivity index (χ1v) is 11.2. The summed E-state index contributed by atoms with van der Waals surface area (Å²) in [5.74, 6) is 1.20. The standard InChI is InChI=1S/C24H38N2O4/c1-6-17-14-20(29-5)10-8-18(17)9-11-22(27)30-21(16-25-3)12-13-24(23(28)26-4)15-19(24)7-2/h8,10,14,19,21,25H,6-7,9,11-13,15-16H2,1-5H3,(H,26,28)/t19?,21-,24?/m1/s1. The average molecular weight is 419 g/mol. The van der Waals surface area contributed by atoms with Crippen molar-refractivity contribution >= 4 is 11.9 Å². The van der Waals surface area contributed by atoms with Crippen LogP contribution in [0, 0.1) is 11.3 Å². The predicted octanol–water partition coefficient (Wildman–Crippen LogP) is 3.26. The number of aryl methyl sites for hydroxylation is 2. The molecule has 168 valence electrons. The van der Waals surface area contributed by atoms with Crippen molar-refractivity contribution in [3.05, 3.63) is 29.3 Å². The van der Waals surface area contributed by atoms with E-state index in [9.17, 15) is 9.59 Å². The van der Waals surface area contributed by atoms with Crippen molar-refractivity contribution in [1.29, 1.82) is 0 Å². The van der Waals surface area contributed by atoms with Gasteiger partial charge in [-0.3, -0.25) is 9.59 Å². The topological polar surface area (TPSA) is 76.7 Å². The van der Waals surface area contributed by atoms with Crippen LogP contribution in [-0.4, -0.2) is 45.7 Å². The van der Waals surface area contributed by atoms with E-state index in [1.165, 1.54) is 5.56 Å². The number of esters is 1. The minimum atomic E-state index is -0.277. The van der Waals surface area contributed by atoms with Crippen molar-refractivity contribution in [1.82, 2.24) is 10.6 Å². The molecular formula is C24H38N2O4. The first-order chi connectivity index (χ1) is 14.4. The van der Waals surface area contributed by atoms with Crippen molar-refractivity contribution < 1.29 is 19.1 Å². The van der Waals surface area contributed by atoms with E-state index in [4.69, 9.17) is 9.47 Å². The van der Waals surface area contributed by atoms with Gasteiger partial charge < -0.3 is 20.1 Å². The summed E-state index contributed by atoms with van der Waals surface area (Å²) in [6.45, 7) is 4.82. The van der Waals surface area contributed by atoms with Crippen LogP contribution in [0.2, 0.25) is 0 Å². The highest BCUT2D eigenvalue weighted by atomic mass is 16.5. The molecule has 3 atom stereocenters. The lowest BCUT2D eigenvalue weighted by Crippen LogP contribution is -2.34. The summed E-state index contributed by atoms with van der Waals surface area (Å²) >= 11 is 0. The Morgan fingerprint density at radius 1 is 1.23 bits per heavy atom. The summed E-state index contributed by atoms with van der Waals surface area (Å²) in [7, 11) is 5.21. The Hall–Kier alpha value is -2.08. The molecule has 6 nitrogen and oxygen atoms in total. The average Bonchev–Trinajstić information content (AvgIpc) is 3.50. The fraction of sp³-hybridized carbons (Fsp3) is 0.667. The summed E-state index contributed by atoms with van der Waals surface area (Å²) in [5, 5.41) is 5.93. The lowest BCUT2D eigenvalue weighted by atomic mass is 9.93. The van der Waals surface area contributed by atoms with E-state index in [1.807, 2.05) is 25.2 Å². The molecular weight excluding hydrogens is 380 g/mol. The van der Waals surface area contributed by atoms with E-state index in [-0.39, 0.29) is 23.4 Å². The van der Waals surface area contributed by atoms with Gasteiger partial charge in [0.25, 0.3) is 0 Å². The Kier molecular flexibility index (Phi) is 9.15. The number of carbonyl (C=O) groups is 2. The first-order valence-electron chi connectivity index (χ1n) is 11.2. The molecule has 0 aliphatic heterocycles. The summed E-state index contributed by atoms with van der Waals surface area (Å²) < 4.78 is 11.1. The second-order valence-corrected chi connectivity index (χ2v) is 8.24. The summed E-state index contributed by atoms with van der Waals surface area (Å²) in [6, 6.07) is 5.99. The third kappa shape index (κ3) is 5.97. The third-order valence-electron chi connectivity index (χ3n) is 6.44. The fourth-order valence-electron chi connectivity index (χ4n) is 4.50. The van der Waals surface area contributed by atoms with Crippen LogP contribution in [0.25, 0.3) is 0 Å². The van der Waals surface area contributed by atoms with E-state index in [2.05, 4.69) is 24.5 Å². The highest BCUT2D eigenvalue weighted by Crippen LogP contribution is 2.58. The van der Waals surface area contributed by atoms with Crippen LogP contribution in [-0.2, 0) is 27.2 Å². The molecule has 1 fully saturated rings. The van der Waals surface area contributed by atoms with E-state index in [0.717, 1.165) is 37.0 Å². The number of methoxy groups -OCH3 is 1. The van der Waals surface area contributed by atoms with Crippen LogP contribution in [0.4, 0.5) is 0 Å². The van der Waals surface area contributed by atoms with Crippen LogP contribution in [0.5, 0.6) is 5.75 Å². The maximum absolute atomic E-state index is 12.5. The molecule has 0 bridgehead atoms. The minimum Gasteiger partial charge on any atom is -0.497 e. The predicted molar refractivity (Wildman–Crippen MR) is 119 cm³/mol. The zero-order valence-electron chi connectivity index (χ0n) is 19.2. The van der Waals surface area contributed by atoms with E-state index in [1.54, 1.807) is 14.2 Å². The normalized spacial score (nSPS) is 21.0. The molecule has 0 spiro atoms. The fourth-order valence-corrected chi connectivity index (χ4v) is 4.50. The SMILES string of the molecule is CCc1cc(OC)ccc1CCC(=O)O[C@H](CCC1(C(=O)NC)CC1CC)CNC. The Balaban J connectivity index is 1.90. The van der Waals surface area contributed by atoms with Gasteiger partial charge in [-0.15, -0.1) is 0 Å². The monoisotopic (exact) mass is 418 g/mol. The molecule has 2 N–H and O–H groups in total. The van der Waals surface area contributed by atoms with Gasteiger partial charge in [-0.1, -0.05) is 26.3 Å². The summed E-state index contributed by atoms with van der Waals surface area (Å²) in [6.07, 6.45) is 5.05. The molecule has 30 heavy (non-hydrogen) atoms. The van der Waals surface area contributed by atoms with Gasteiger partial charge in [-0.2, -0.15) is 0 Å². The molecule has 6 heteroatoms. The van der Waals surface area contributed by atoms with Gasteiger partial charge in [0, 0.05) is 20.0 Å². The largest absolute Gasteiger partial charge is 0.497 e. The molecule has 0 heterocycles. The lowest BCUT2D eigenvalue weighted by Gasteiger charge is -2.21. The summed E-state index contributed by atoms with van der Waals surface area (Å²) in [5.41, 5.74) is 2.07. The van der Waals surface area contributed by atoms with E-state index >= 15 is 0 Å². The van der Waals surface area contributed by atoms with Gasteiger partial charge in [0.1, 0.15) is 11.9 Å². The van der Waals surface area contributed by atoms with Crippen LogP contribution < -0.4 is 15.4 Å². The molecule has 1 aromatic rings. The summed E-state index contributed by atoms with van der Waals surface area (Å²) in [4.78, 5) is 24.9. The maximum Gasteiger partial charge on any atom is 0.306 e. The Morgan fingerprint density at radius 3 is 2.57 bits per heavy atom. The zero-order valence-corrected chi connectivity index (χ0v) is 19.2. The number of ether oxygens (including phenoxy) is 2. The molecule has 0 saturated heterocycles. The maximum atomic E-state index is 12.5. The number of likely N-dealkylation sites (N-methyl/N-ethyl adjacent to an activating group) is 1. The number of hydrogen-bond acceptors (Lipinski definition) is 5. The molecule has 2 rings (SSSR count). The van der Waals surface area contributed by atoms with Crippen molar-refractivity contribution in [2.75, 3.05) is 27.7 Å². The van der Waals surface area contributed by atoms with E-state index in [0.29, 0.717) is 31.7 Å². The Labute approximate surface area is 181 Å². The molecule has 1 amide bonds. The Morgan fingerprint density at radius 2 is 2.00 bits per heavy atom. The number of hydrogen-bond donors (Lipinski definition) is 2. The highest BCUT2D eigenvalue weighted by Gasteiger charge is 2.57. The van der Waals surface area contributed by atoms with Gasteiger partial charge in [0.05, 0.1) is 12.5 Å². The number of nitrogens with one attached hydrogen (secondary N) is 2. The van der Waals surface area contributed by atoms with Crippen molar-refractivity contribution in [2.24, 2.45) is 11.3 Å². The number of amides is 1. The quantitative estimate of drug-likeness (QED) is 0.481. The minimum absolute atomic E-state index is 0.121. The second kappa shape index (κ2) is 11.3. The molecule has 1 aromatic carbocycles. The van der Waals surface area contributed by atoms with Gasteiger partial charge >= 0.3 is 5.97 Å². The van der Waals surface area contributed by atoms with Gasteiger partial charge in [-0.25, -0.2) is 0 Å². The number of benzene rings is 1. The van der Waals surface area contributed by atoms with Crippen molar-refractivity contribution in [3.8, 4) is 5.75 Å². The van der Waals surface area contributed by atoms with E-state index < -0.39 is 0 Å². The molecule has 1 saturated carbocycles. The van der Waals surface area contributed by atoms with Crippen LogP contribution in [0.1, 0.15) is 57.1 Å². The van der Waals surface area contributed by atoms with Gasteiger partial charge in [0.15, 0.2) is 0 Å². The molecule has 0 aromatic heterocycles. The highest BCUT2D eigenvalue weighted by molar-refractivity contribution is 5.85. The van der Waals surface area contributed by atoms with Crippen molar-refractivity contribution in [3.63, 3.8) is 0 Å². The molecule has 1 aliphatic carbocycles. The lowest BCUT2D eigenvalue weighted by molar-refractivity contribution is -0.149. The van der Waals surface area contributed by atoms with Crippen LogP contribution >= 0.6 is 0 Å². The van der Waals surface area contributed by atoms with Gasteiger partial charge in [0.2, 0.25) is 5.91 Å².